The van der Waals surface area contributed by atoms with Crippen LogP contribution in [0.3, 0.4) is 0 Å². The van der Waals surface area contributed by atoms with E-state index < -0.39 is 9.84 Å². The van der Waals surface area contributed by atoms with Gasteiger partial charge in [-0.2, -0.15) is 0 Å². The average Bonchev–Trinajstić information content (AvgIpc) is 3.14. The van der Waals surface area contributed by atoms with Gasteiger partial charge in [0.2, 0.25) is 5.95 Å². The Morgan fingerprint density at radius 3 is 2.76 bits per heavy atom. The lowest BCUT2D eigenvalue weighted by Crippen LogP contribution is -2.38. The Balaban J connectivity index is 1.44. The fourth-order valence-corrected chi connectivity index (χ4v) is 7.16. The topological polar surface area (TPSA) is 66.4 Å². The molecule has 3 aliphatic heterocycles. The van der Waals surface area contributed by atoms with E-state index >= 15 is 0 Å². The summed E-state index contributed by atoms with van der Waals surface area (Å²) in [5, 5.41) is -0.359. The van der Waals surface area contributed by atoms with Crippen LogP contribution >= 0.6 is 0 Å². The Kier molecular flexibility index (Phi) is 4.82. The molecule has 1 aromatic carbocycles. The van der Waals surface area contributed by atoms with E-state index in [0.29, 0.717) is 12.5 Å². The third kappa shape index (κ3) is 3.66. The van der Waals surface area contributed by atoms with E-state index in [-0.39, 0.29) is 16.9 Å². The molecule has 0 amide bonds. The lowest BCUT2D eigenvalue weighted by atomic mass is 9.99. The van der Waals surface area contributed by atoms with Crippen molar-refractivity contribution >= 4 is 15.8 Å². The Hall–Kier alpha value is -1.99. The minimum Gasteiger partial charge on any atom is -0.341 e. The maximum absolute atomic E-state index is 13.0. The zero-order valence-corrected chi connectivity index (χ0v) is 17.7. The fraction of sp³-hybridized carbons (Fsp3) is 0.545. The highest BCUT2D eigenvalue weighted by Crippen LogP contribution is 2.40. The van der Waals surface area contributed by atoms with Gasteiger partial charge in [0.1, 0.15) is 0 Å². The van der Waals surface area contributed by atoms with Gasteiger partial charge in [0.25, 0.3) is 0 Å². The van der Waals surface area contributed by atoms with Crippen LogP contribution in [0.25, 0.3) is 0 Å². The van der Waals surface area contributed by atoms with Crippen LogP contribution in [0.2, 0.25) is 0 Å². The van der Waals surface area contributed by atoms with Crippen LogP contribution in [0.4, 0.5) is 5.95 Å². The Morgan fingerprint density at radius 1 is 1.14 bits per heavy atom. The summed E-state index contributed by atoms with van der Waals surface area (Å²) < 4.78 is 25.9. The molecule has 29 heavy (non-hydrogen) atoms. The summed E-state index contributed by atoms with van der Waals surface area (Å²) in [6.07, 6.45) is 4.18. The highest BCUT2D eigenvalue weighted by Gasteiger charge is 2.47. The summed E-state index contributed by atoms with van der Waals surface area (Å²) in [4.78, 5) is 14.0. The molecule has 0 spiro atoms. The van der Waals surface area contributed by atoms with Gasteiger partial charge in [-0.3, -0.25) is 4.90 Å². The van der Waals surface area contributed by atoms with Gasteiger partial charge in [0.15, 0.2) is 9.84 Å². The lowest BCUT2D eigenvalue weighted by molar-refractivity contribution is 0.326. The second-order valence-corrected chi connectivity index (χ2v) is 11.1. The van der Waals surface area contributed by atoms with Crippen molar-refractivity contribution in [1.82, 2.24) is 14.9 Å². The SMILES string of the molecule is CC1CCCN(c2ncc3c(n2)[C@H]2CN(Cc4ccccc4)C[C@H]2S(=O)(=O)C3)C1. The Bertz CT molecular complexity index is 995. The third-order valence-corrected chi connectivity index (χ3v) is 8.70. The van der Waals surface area contributed by atoms with E-state index in [4.69, 9.17) is 4.98 Å². The van der Waals surface area contributed by atoms with Crippen LogP contribution in [0.15, 0.2) is 36.5 Å². The van der Waals surface area contributed by atoms with Gasteiger partial charge in [-0.25, -0.2) is 18.4 Å². The van der Waals surface area contributed by atoms with Crippen molar-refractivity contribution < 1.29 is 8.42 Å². The molecule has 1 aromatic heterocycles. The first-order valence-corrected chi connectivity index (χ1v) is 12.3. The smallest absolute Gasteiger partial charge is 0.225 e. The lowest BCUT2D eigenvalue weighted by Gasteiger charge is -2.32. The van der Waals surface area contributed by atoms with Crippen LogP contribution in [0.5, 0.6) is 0 Å². The van der Waals surface area contributed by atoms with Crippen molar-refractivity contribution in [2.45, 2.75) is 43.2 Å². The molecule has 154 valence electrons. The molecule has 2 aromatic rings. The number of sulfone groups is 1. The molecule has 2 saturated heterocycles. The average molecular weight is 413 g/mol. The predicted molar refractivity (Wildman–Crippen MR) is 114 cm³/mol. The Labute approximate surface area is 172 Å². The summed E-state index contributed by atoms with van der Waals surface area (Å²) in [5.74, 6) is 1.43. The molecule has 3 atom stereocenters. The van der Waals surface area contributed by atoms with Gasteiger partial charge in [0, 0.05) is 50.4 Å². The molecular formula is C22H28N4O2S. The van der Waals surface area contributed by atoms with E-state index in [9.17, 15) is 8.42 Å². The first-order valence-electron chi connectivity index (χ1n) is 10.6. The second-order valence-electron chi connectivity index (χ2n) is 8.91. The second kappa shape index (κ2) is 7.36. The molecule has 7 heteroatoms. The summed E-state index contributed by atoms with van der Waals surface area (Å²) in [6, 6.07) is 10.3. The number of piperidine rings is 1. The molecule has 0 bridgehead atoms. The molecule has 6 nitrogen and oxygen atoms in total. The van der Waals surface area contributed by atoms with Gasteiger partial charge in [-0.1, -0.05) is 37.3 Å². The van der Waals surface area contributed by atoms with Crippen LogP contribution in [0, 0.1) is 5.92 Å². The number of rotatable bonds is 3. The molecule has 0 N–H and O–H groups in total. The monoisotopic (exact) mass is 412 g/mol. The summed E-state index contributed by atoms with van der Waals surface area (Å²) in [7, 11) is -3.18. The number of aromatic nitrogens is 2. The molecule has 3 aliphatic rings. The molecule has 4 heterocycles. The number of likely N-dealkylation sites (tertiary alicyclic amines) is 1. The van der Waals surface area contributed by atoms with Crippen molar-refractivity contribution in [2.24, 2.45) is 5.92 Å². The molecule has 0 saturated carbocycles. The van der Waals surface area contributed by atoms with Gasteiger partial charge >= 0.3 is 0 Å². The standard InChI is InChI=1S/C22H28N4O2S/c1-16-6-5-9-26(11-16)22-23-10-18-15-29(27,28)20-14-25(13-19(20)21(18)24-22)12-17-7-3-2-4-8-17/h2-4,7-8,10,16,19-20H,5-6,9,11-15H2,1H3/t16?,19-,20+/m0/s1. The van der Waals surface area contributed by atoms with Crippen molar-refractivity contribution in [3.05, 3.63) is 53.3 Å². The number of benzene rings is 1. The van der Waals surface area contributed by atoms with Gasteiger partial charge in [-0.05, 0) is 24.3 Å². The molecule has 5 rings (SSSR count). The zero-order chi connectivity index (χ0) is 20.0. The van der Waals surface area contributed by atoms with Crippen molar-refractivity contribution in [3.8, 4) is 0 Å². The fourth-order valence-electron chi connectivity index (χ4n) is 5.14. The number of fused-ring (bicyclic) bond motifs is 3. The first-order chi connectivity index (χ1) is 14.0. The molecule has 1 unspecified atom stereocenters. The maximum Gasteiger partial charge on any atom is 0.225 e. The van der Waals surface area contributed by atoms with Crippen LogP contribution in [0.1, 0.15) is 42.5 Å². The normalized spacial score (nSPS) is 28.7. The molecule has 0 radical (unpaired) electrons. The highest BCUT2D eigenvalue weighted by molar-refractivity contribution is 7.91. The van der Waals surface area contributed by atoms with Gasteiger partial charge < -0.3 is 4.90 Å². The van der Waals surface area contributed by atoms with Crippen LogP contribution in [-0.4, -0.2) is 54.7 Å². The van der Waals surface area contributed by atoms with E-state index in [1.807, 2.05) is 18.2 Å². The largest absolute Gasteiger partial charge is 0.341 e. The Morgan fingerprint density at radius 2 is 1.97 bits per heavy atom. The van der Waals surface area contributed by atoms with Crippen molar-refractivity contribution in [1.29, 1.82) is 0 Å². The highest BCUT2D eigenvalue weighted by atomic mass is 32.2. The van der Waals surface area contributed by atoms with Crippen molar-refractivity contribution in [3.63, 3.8) is 0 Å². The number of hydrogen-bond donors (Lipinski definition) is 0. The number of hydrogen-bond acceptors (Lipinski definition) is 6. The number of nitrogens with zero attached hydrogens (tertiary/aromatic N) is 4. The molecular weight excluding hydrogens is 384 g/mol. The van der Waals surface area contributed by atoms with Gasteiger partial charge in [0.05, 0.1) is 16.7 Å². The predicted octanol–water partition coefficient (Wildman–Crippen LogP) is 2.61. The van der Waals surface area contributed by atoms with E-state index in [1.54, 1.807) is 6.20 Å². The zero-order valence-electron chi connectivity index (χ0n) is 16.9. The van der Waals surface area contributed by atoms with E-state index in [1.165, 1.54) is 12.0 Å². The van der Waals surface area contributed by atoms with Crippen molar-refractivity contribution in [2.75, 3.05) is 31.1 Å². The van der Waals surface area contributed by atoms with Crippen LogP contribution in [-0.2, 0) is 22.1 Å². The quantitative estimate of drug-likeness (QED) is 0.772. The summed E-state index contributed by atoms with van der Waals surface area (Å²) in [6.45, 7) is 6.33. The summed E-state index contributed by atoms with van der Waals surface area (Å²) in [5.41, 5.74) is 2.97. The first kappa shape index (κ1) is 19.0. The van der Waals surface area contributed by atoms with Crippen LogP contribution < -0.4 is 4.90 Å². The van der Waals surface area contributed by atoms with E-state index in [2.05, 4.69) is 33.8 Å². The maximum atomic E-state index is 13.0. The van der Waals surface area contributed by atoms with E-state index in [0.717, 1.165) is 49.8 Å². The minimum absolute atomic E-state index is 0.0589. The molecule has 0 aliphatic carbocycles. The molecule has 2 fully saturated rings. The number of anilines is 1. The summed E-state index contributed by atoms with van der Waals surface area (Å²) >= 11 is 0. The third-order valence-electron chi connectivity index (χ3n) is 6.59. The van der Waals surface area contributed by atoms with Gasteiger partial charge in [-0.15, -0.1) is 0 Å². The minimum atomic E-state index is -3.18.